The Morgan fingerprint density at radius 3 is 2.56 bits per heavy atom. The van der Waals surface area contributed by atoms with Gasteiger partial charge < -0.3 is 15.1 Å². The number of phenols is 1. The molecular formula is C21H15N3O2S. The highest BCUT2D eigenvalue weighted by Crippen LogP contribution is 2.38. The standard InChI is InChI=1S/C21H15N3O2S/c22-20-19(21-23-14-7-1-2-10-18(14)27-21)17(26)11-24(20)15-8-3-6-13-12(15)5-4-9-16(13)25/h1-10,22,25-26H,11H2. The van der Waals surface area contributed by atoms with Gasteiger partial charge in [-0.25, -0.2) is 4.98 Å². The second-order valence-electron chi connectivity index (χ2n) is 6.39. The molecule has 3 N–H and O–H groups in total. The predicted molar refractivity (Wildman–Crippen MR) is 110 cm³/mol. The van der Waals surface area contributed by atoms with Crippen molar-refractivity contribution in [1.82, 2.24) is 4.98 Å². The van der Waals surface area contributed by atoms with Gasteiger partial charge in [-0.2, -0.15) is 0 Å². The Balaban J connectivity index is 1.61. The van der Waals surface area contributed by atoms with Crippen LogP contribution in [0, 0.1) is 5.41 Å². The molecule has 1 aliphatic heterocycles. The minimum absolute atomic E-state index is 0.135. The number of amidine groups is 1. The third-order valence-electron chi connectivity index (χ3n) is 4.78. The summed E-state index contributed by atoms with van der Waals surface area (Å²) in [5.74, 6) is 0.544. The van der Waals surface area contributed by atoms with Crippen molar-refractivity contribution < 1.29 is 10.2 Å². The van der Waals surface area contributed by atoms with Gasteiger partial charge in [-0.3, -0.25) is 5.41 Å². The van der Waals surface area contributed by atoms with Crippen LogP contribution in [0.2, 0.25) is 0 Å². The van der Waals surface area contributed by atoms with Crippen molar-refractivity contribution in [2.75, 3.05) is 11.4 Å². The summed E-state index contributed by atoms with van der Waals surface area (Å²) in [5.41, 5.74) is 2.10. The number of fused-ring (bicyclic) bond motifs is 2. The maximum Gasteiger partial charge on any atom is 0.139 e. The first-order valence-electron chi connectivity index (χ1n) is 8.49. The molecule has 0 radical (unpaired) electrons. The number of aromatic hydroxyl groups is 1. The maximum absolute atomic E-state index is 10.6. The van der Waals surface area contributed by atoms with Gasteiger partial charge in [0.1, 0.15) is 22.4 Å². The molecule has 0 saturated carbocycles. The smallest absolute Gasteiger partial charge is 0.139 e. The zero-order valence-electron chi connectivity index (χ0n) is 14.2. The Labute approximate surface area is 159 Å². The highest BCUT2D eigenvalue weighted by molar-refractivity contribution is 7.19. The number of hydrogen-bond acceptors (Lipinski definition) is 5. The monoisotopic (exact) mass is 373 g/mol. The van der Waals surface area contributed by atoms with Crippen LogP contribution in [0.25, 0.3) is 26.6 Å². The summed E-state index contributed by atoms with van der Waals surface area (Å²) in [5, 5.41) is 31.6. The molecular weight excluding hydrogens is 358 g/mol. The van der Waals surface area contributed by atoms with E-state index in [2.05, 4.69) is 4.98 Å². The van der Waals surface area contributed by atoms with E-state index in [1.165, 1.54) is 11.3 Å². The Kier molecular flexibility index (Phi) is 3.42. The molecule has 5 rings (SSSR count). The van der Waals surface area contributed by atoms with Gasteiger partial charge in [-0.1, -0.05) is 36.4 Å². The first-order valence-corrected chi connectivity index (χ1v) is 9.30. The molecule has 0 amide bonds. The Morgan fingerprint density at radius 2 is 1.70 bits per heavy atom. The van der Waals surface area contributed by atoms with Crippen LogP contribution in [0.5, 0.6) is 5.75 Å². The molecule has 132 valence electrons. The van der Waals surface area contributed by atoms with Crippen LogP contribution in [-0.2, 0) is 0 Å². The predicted octanol–water partition coefficient (Wildman–Crippen LogP) is 4.92. The SMILES string of the molecule is N=C1C(c2nc3ccccc3s2)=C(O)CN1c1cccc2c(O)cccc12. The molecule has 0 aliphatic carbocycles. The number of anilines is 1. The van der Waals surface area contributed by atoms with Crippen molar-refractivity contribution >= 4 is 49.4 Å². The molecule has 0 bridgehead atoms. The Bertz CT molecular complexity index is 1230. The van der Waals surface area contributed by atoms with E-state index in [4.69, 9.17) is 5.41 Å². The van der Waals surface area contributed by atoms with Gasteiger partial charge in [-0.05, 0) is 24.3 Å². The van der Waals surface area contributed by atoms with Crippen molar-refractivity contribution in [2.24, 2.45) is 0 Å². The second-order valence-corrected chi connectivity index (χ2v) is 7.42. The number of thiazole rings is 1. The van der Waals surface area contributed by atoms with Crippen LogP contribution < -0.4 is 4.90 Å². The first-order chi connectivity index (χ1) is 13.1. The summed E-state index contributed by atoms with van der Waals surface area (Å²) in [4.78, 5) is 6.34. The summed E-state index contributed by atoms with van der Waals surface area (Å²) in [6.45, 7) is 0.207. The van der Waals surface area contributed by atoms with Crippen LogP contribution in [0.1, 0.15) is 5.01 Å². The lowest BCUT2D eigenvalue weighted by molar-refractivity contribution is 0.411. The molecule has 0 fully saturated rings. The molecule has 5 nitrogen and oxygen atoms in total. The van der Waals surface area contributed by atoms with Gasteiger partial charge in [0.25, 0.3) is 0 Å². The van der Waals surface area contributed by atoms with Crippen LogP contribution >= 0.6 is 11.3 Å². The zero-order valence-corrected chi connectivity index (χ0v) is 15.0. The van der Waals surface area contributed by atoms with Crippen molar-refractivity contribution in [3.05, 3.63) is 71.4 Å². The van der Waals surface area contributed by atoms with Crippen molar-refractivity contribution in [2.45, 2.75) is 0 Å². The van der Waals surface area contributed by atoms with Crippen molar-refractivity contribution in [3.63, 3.8) is 0 Å². The molecule has 0 spiro atoms. The molecule has 27 heavy (non-hydrogen) atoms. The average Bonchev–Trinajstić information content (AvgIpc) is 3.21. The largest absolute Gasteiger partial charge is 0.510 e. The van der Waals surface area contributed by atoms with Gasteiger partial charge >= 0.3 is 0 Å². The van der Waals surface area contributed by atoms with Crippen molar-refractivity contribution in [3.8, 4) is 5.75 Å². The summed E-state index contributed by atoms with van der Waals surface area (Å²) in [7, 11) is 0. The van der Waals surface area contributed by atoms with Crippen LogP contribution in [0.3, 0.4) is 0 Å². The van der Waals surface area contributed by atoms with E-state index in [-0.39, 0.29) is 23.9 Å². The minimum Gasteiger partial charge on any atom is -0.510 e. The van der Waals surface area contributed by atoms with Crippen LogP contribution in [-0.4, -0.2) is 27.6 Å². The molecule has 3 aromatic carbocycles. The quantitative estimate of drug-likeness (QED) is 0.466. The van der Waals surface area contributed by atoms with E-state index in [1.807, 2.05) is 48.5 Å². The van der Waals surface area contributed by atoms with Gasteiger partial charge in [0.05, 0.1) is 28.0 Å². The van der Waals surface area contributed by atoms with Gasteiger partial charge in [-0.15, -0.1) is 11.3 Å². The number of aliphatic hydroxyl groups is 1. The lowest BCUT2D eigenvalue weighted by atomic mass is 10.1. The molecule has 1 aliphatic rings. The van der Waals surface area contributed by atoms with E-state index in [0.29, 0.717) is 10.6 Å². The fourth-order valence-electron chi connectivity index (χ4n) is 3.50. The zero-order chi connectivity index (χ0) is 18.5. The van der Waals surface area contributed by atoms with E-state index >= 15 is 0 Å². The van der Waals surface area contributed by atoms with E-state index in [1.54, 1.807) is 17.0 Å². The number of rotatable bonds is 2. The number of aromatic nitrogens is 1. The number of aliphatic hydroxyl groups excluding tert-OH is 1. The lowest BCUT2D eigenvalue weighted by Crippen LogP contribution is -2.26. The van der Waals surface area contributed by atoms with Gasteiger partial charge in [0.2, 0.25) is 0 Å². The van der Waals surface area contributed by atoms with E-state index in [9.17, 15) is 10.2 Å². The number of para-hydroxylation sites is 1. The molecule has 4 aromatic rings. The van der Waals surface area contributed by atoms with Crippen molar-refractivity contribution in [1.29, 1.82) is 5.41 Å². The topological polar surface area (TPSA) is 80.4 Å². The van der Waals surface area contributed by atoms with Gasteiger partial charge in [0.15, 0.2) is 0 Å². The van der Waals surface area contributed by atoms with Crippen LogP contribution in [0.15, 0.2) is 66.4 Å². The average molecular weight is 373 g/mol. The summed E-state index contributed by atoms with van der Waals surface area (Å²) in [6.07, 6.45) is 0. The fourth-order valence-corrected chi connectivity index (χ4v) is 4.53. The number of nitrogens with zero attached hydrogens (tertiary/aromatic N) is 2. The summed E-state index contributed by atoms with van der Waals surface area (Å²) in [6, 6.07) is 18.7. The molecule has 0 atom stereocenters. The molecule has 1 aromatic heterocycles. The molecule has 0 saturated heterocycles. The van der Waals surface area contributed by atoms with E-state index in [0.717, 1.165) is 26.7 Å². The second kappa shape index (κ2) is 5.82. The molecule has 6 heteroatoms. The minimum atomic E-state index is 0.135. The van der Waals surface area contributed by atoms with Gasteiger partial charge in [0, 0.05) is 10.8 Å². The highest BCUT2D eigenvalue weighted by atomic mass is 32.1. The first kappa shape index (κ1) is 15.8. The van der Waals surface area contributed by atoms with Crippen LogP contribution in [0.4, 0.5) is 5.69 Å². The molecule has 0 unspecified atom stereocenters. The summed E-state index contributed by atoms with van der Waals surface area (Å²) < 4.78 is 1.02. The summed E-state index contributed by atoms with van der Waals surface area (Å²) >= 11 is 1.47. The fraction of sp³-hybridized carbons (Fsp3) is 0.0476. The van der Waals surface area contributed by atoms with E-state index < -0.39 is 0 Å². The number of phenolic OH excluding ortho intramolecular Hbond substituents is 1. The Morgan fingerprint density at radius 1 is 0.926 bits per heavy atom. The maximum atomic E-state index is 10.6. The third kappa shape index (κ3) is 2.38. The number of benzene rings is 3. The number of nitrogens with one attached hydrogen (secondary N) is 1. The number of hydrogen-bond donors (Lipinski definition) is 3. The lowest BCUT2D eigenvalue weighted by Gasteiger charge is -2.21. The third-order valence-corrected chi connectivity index (χ3v) is 5.83. The normalized spacial score (nSPS) is 14.7. The highest BCUT2D eigenvalue weighted by Gasteiger charge is 2.32. The molecule has 2 heterocycles. The Hall–Kier alpha value is -3.38.